The van der Waals surface area contributed by atoms with Gasteiger partial charge in [0.25, 0.3) is 5.89 Å². The summed E-state index contributed by atoms with van der Waals surface area (Å²) < 4.78 is 10.7. The molecule has 0 atom stereocenters. The van der Waals surface area contributed by atoms with Gasteiger partial charge in [-0.25, -0.2) is 4.98 Å². The highest BCUT2D eigenvalue weighted by Gasteiger charge is 2.26. The molecule has 0 spiro atoms. The summed E-state index contributed by atoms with van der Waals surface area (Å²) in [6.07, 6.45) is 2.53. The van der Waals surface area contributed by atoms with Crippen LogP contribution in [0.15, 0.2) is 58.4 Å². The molecule has 6 heteroatoms. The van der Waals surface area contributed by atoms with Crippen molar-refractivity contribution in [1.29, 1.82) is 0 Å². The van der Waals surface area contributed by atoms with E-state index in [-0.39, 0.29) is 0 Å². The first-order valence-corrected chi connectivity index (χ1v) is 9.72. The first kappa shape index (κ1) is 16.2. The largest absolute Gasteiger partial charge is 0.497 e. The molecule has 1 fully saturated rings. The Balaban J connectivity index is 1.45. The molecule has 0 bridgehead atoms. The number of thiazole rings is 1. The van der Waals surface area contributed by atoms with Gasteiger partial charge in [-0.2, -0.15) is 4.98 Å². The van der Waals surface area contributed by atoms with Crippen molar-refractivity contribution < 1.29 is 9.26 Å². The van der Waals surface area contributed by atoms with Gasteiger partial charge in [0.2, 0.25) is 5.82 Å². The second kappa shape index (κ2) is 6.63. The lowest BCUT2D eigenvalue weighted by atomic mass is 10.1. The van der Waals surface area contributed by atoms with Crippen LogP contribution in [0.3, 0.4) is 0 Å². The Morgan fingerprint density at radius 3 is 2.67 bits per heavy atom. The SMILES string of the molecule is COc1cccc(-c2nc(-c3cccc(-c4csc(C5CC5)n4)c3)no2)c1. The molecular weight excluding hydrogens is 358 g/mol. The summed E-state index contributed by atoms with van der Waals surface area (Å²) in [5.74, 6) is 2.46. The minimum Gasteiger partial charge on any atom is -0.497 e. The lowest BCUT2D eigenvalue weighted by Crippen LogP contribution is -1.85. The standard InChI is InChI=1S/C21H17N3O2S/c1-25-17-7-3-6-16(11-17)20-23-19(24-26-20)15-5-2-4-14(10-15)18-12-27-21(22-18)13-8-9-13/h2-7,10-13H,8-9H2,1H3. The number of methoxy groups -OCH3 is 1. The molecule has 2 heterocycles. The minimum atomic E-state index is 0.471. The third-order valence-corrected chi connectivity index (χ3v) is 5.62. The third-order valence-electron chi connectivity index (χ3n) is 4.61. The second-order valence-corrected chi connectivity index (χ2v) is 7.47. The molecule has 1 aliphatic carbocycles. The fraction of sp³-hybridized carbons (Fsp3) is 0.190. The Morgan fingerprint density at radius 1 is 1.00 bits per heavy atom. The number of nitrogens with zero attached hydrogens (tertiary/aromatic N) is 3. The van der Waals surface area contributed by atoms with Crippen molar-refractivity contribution in [2.24, 2.45) is 0 Å². The van der Waals surface area contributed by atoms with Crippen LogP contribution >= 0.6 is 11.3 Å². The number of aromatic nitrogens is 3. The average Bonchev–Trinajstić information content (AvgIpc) is 3.25. The molecular formula is C21H17N3O2S. The molecule has 1 aliphatic rings. The molecule has 0 N–H and O–H groups in total. The highest BCUT2D eigenvalue weighted by molar-refractivity contribution is 7.10. The van der Waals surface area contributed by atoms with Crippen molar-refractivity contribution in [3.8, 4) is 39.8 Å². The van der Waals surface area contributed by atoms with Crippen LogP contribution in [0.1, 0.15) is 23.8 Å². The Labute approximate surface area is 160 Å². The van der Waals surface area contributed by atoms with Gasteiger partial charge in [-0.3, -0.25) is 0 Å². The Kier molecular flexibility index (Phi) is 3.98. The number of hydrogen-bond donors (Lipinski definition) is 0. The summed E-state index contributed by atoms with van der Waals surface area (Å²) in [6.45, 7) is 0. The number of hydrogen-bond acceptors (Lipinski definition) is 6. The molecule has 5 nitrogen and oxygen atoms in total. The van der Waals surface area contributed by atoms with Crippen molar-refractivity contribution in [1.82, 2.24) is 15.1 Å². The fourth-order valence-corrected chi connectivity index (χ4v) is 3.97. The van der Waals surface area contributed by atoms with Crippen LogP contribution in [-0.4, -0.2) is 22.2 Å². The Bertz CT molecular complexity index is 1100. The molecule has 0 amide bonds. The fourth-order valence-electron chi connectivity index (χ4n) is 2.97. The van der Waals surface area contributed by atoms with Gasteiger partial charge < -0.3 is 9.26 Å². The quantitative estimate of drug-likeness (QED) is 0.466. The predicted octanol–water partition coefficient (Wildman–Crippen LogP) is 5.41. The lowest BCUT2D eigenvalue weighted by Gasteiger charge is -2.00. The first-order valence-electron chi connectivity index (χ1n) is 8.84. The summed E-state index contributed by atoms with van der Waals surface area (Å²) in [5, 5.41) is 7.53. The van der Waals surface area contributed by atoms with E-state index in [0.29, 0.717) is 17.6 Å². The number of rotatable bonds is 5. The molecule has 0 radical (unpaired) electrons. The van der Waals surface area contributed by atoms with E-state index < -0.39 is 0 Å². The maximum atomic E-state index is 5.46. The van der Waals surface area contributed by atoms with Gasteiger partial charge >= 0.3 is 0 Å². The Hall–Kier alpha value is -2.99. The zero-order valence-electron chi connectivity index (χ0n) is 14.8. The van der Waals surface area contributed by atoms with Crippen LogP contribution < -0.4 is 4.74 Å². The number of benzene rings is 2. The molecule has 134 valence electrons. The lowest BCUT2D eigenvalue weighted by molar-refractivity contribution is 0.413. The van der Waals surface area contributed by atoms with Gasteiger partial charge in [-0.15, -0.1) is 11.3 Å². The number of ether oxygens (including phenoxy) is 1. The molecule has 1 saturated carbocycles. The summed E-state index contributed by atoms with van der Waals surface area (Å²) in [4.78, 5) is 9.34. The van der Waals surface area contributed by atoms with Crippen LogP contribution in [0.4, 0.5) is 0 Å². The van der Waals surface area contributed by atoms with Crippen molar-refractivity contribution >= 4 is 11.3 Å². The van der Waals surface area contributed by atoms with Crippen molar-refractivity contribution in [2.45, 2.75) is 18.8 Å². The molecule has 0 aliphatic heterocycles. The molecule has 0 saturated heterocycles. The first-order chi connectivity index (χ1) is 13.3. The van der Waals surface area contributed by atoms with Gasteiger partial charge in [0.1, 0.15) is 5.75 Å². The molecule has 4 aromatic rings. The van der Waals surface area contributed by atoms with E-state index in [0.717, 1.165) is 28.1 Å². The zero-order chi connectivity index (χ0) is 18.2. The third kappa shape index (κ3) is 3.24. The molecule has 27 heavy (non-hydrogen) atoms. The smallest absolute Gasteiger partial charge is 0.258 e. The Morgan fingerprint density at radius 2 is 1.81 bits per heavy atom. The van der Waals surface area contributed by atoms with Crippen LogP contribution in [0.25, 0.3) is 34.1 Å². The molecule has 2 aromatic carbocycles. The van der Waals surface area contributed by atoms with Crippen LogP contribution in [-0.2, 0) is 0 Å². The van der Waals surface area contributed by atoms with Gasteiger partial charge in [0.05, 0.1) is 17.8 Å². The zero-order valence-corrected chi connectivity index (χ0v) is 15.6. The minimum absolute atomic E-state index is 0.471. The van der Waals surface area contributed by atoms with E-state index in [1.165, 1.54) is 17.8 Å². The van der Waals surface area contributed by atoms with Gasteiger partial charge in [0.15, 0.2) is 0 Å². The van der Waals surface area contributed by atoms with Gasteiger partial charge in [0, 0.05) is 28.0 Å². The summed E-state index contributed by atoms with van der Waals surface area (Å²) in [5.41, 5.74) is 3.83. The van der Waals surface area contributed by atoms with E-state index in [1.807, 2.05) is 36.4 Å². The van der Waals surface area contributed by atoms with Gasteiger partial charge in [-0.05, 0) is 37.1 Å². The van der Waals surface area contributed by atoms with Crippen molar-refractivity contribution in [3.05, 3.63) is 58.9 Å². The maximum Gasteiger partial charge on any atom is 0.258 e. The average molecular weight is 375 g/mol. The summed E-state index contributed by atoms with van der Waals surface area (Å²) in [7, 11) is 1.64. The monoisotopic (exact) mass is 375 g/mol. The molecule has 5 rings (SSSR count). The highest BCUT2D eigenvalue weighted by atomic mass is 32.1. The topological polar surface area (TPSA) is 61.0 Å². The molecule has 2 aromatic heterocycles. The van der Waals surface area contributed by atoms with Crippen molar-refractivity contribution in [3.63, 3.8) is 0 Å². The summed E-state index contributed by atoms with van der Waals surface area (Å²) in [6, 6.07) is 15.7. The van der Waals surface area contributed by atoms with E-state index in [1.54, 1.807) is 18.4 Å². The summed E-state index contributed by atoms with van der Waals surface area (Å²) >= 11 is 1.75. The van der Waals surface area contributed by atoms with Crippen molar-refractivity contribution in [2.75, 3.05) is 7.11 Å². The van der Waals surface area contributed by atoms with Crippen LogP contribution in [0, 0.1) is 0 Å². The van der Waals surface area contributed by atoms with E-state index >= 15 is 0 Å². The highest BCUT2D eigenvalue weighted by Crippen LogP contribution is 2.42. The second-order valence-electron chi connectivity index (χ2n) is 6.58. The predicted molar refractivity (Wildman–Crippen MR) is 105 cm³/mol. The van der Waals surface area contributed by atoms with Gasteiger partial charge in [-0.1, -0.05) is 29.4 Å². The van der Waals surface area contributed by atoms with E-state index in [4.69, 9.17) is 14.2 Å². The van der Waals surface area contributed by atoms with Crippen LogP contribution in [0.2, 0.25) is 0 Å². The van der Waals surface area contributed by atoms with Crippen LogP contribution in [0.5, 0.6) is 5.75 Å². The maximum absolute atomic E-state index is 5.46. The normalized spacial score (nSPS) is 13.7. The van der Waals surface area contributed by atoms with E-state index in [2.05, 4.69) is 27.7 Å². The molecule has 0 unspecified atom stereocenters. The van der Waals surface area contributed by atoms with E-state index in [9.17, 15) is 0 Å².